The van der Waals surface area contributed by atoms with Crippen LogP contribution in [0.4, 0.5) is 0 Å². The summed E-state index contributed by atoms with van der Waals surface area (Å²) in [5.74, 6) is 0.0438. The van der Waals surface area contributed by atoms with Gasteiger partial charge in [-0.3, -0.25) is 14.8 Å². The number of amidine groups is 1. The van der Waals surface area contributed by atoms with Gasteiger partial charge >= 0.3 is 0 Å². The summed E-state index contributed by atoms with van der Waals surface area (Å²) in [7, 11) is 0. The highest BCUT2D eigenvalue weighted by atomic mass is 16.4. The van der Waals surface area contributed by atoms with Crippen molar-refractivity contribution in [3.63, 3.8) is 0 Å². The number of rotatable bonds is 5. The molecule has 21 heavy (non-hydrogen) atoms. The van der Waals surface area contributed by atoms with Crippen molar-refractivity contribution in [3.05, 3.63) is 29.6 Å². The average Bonchev–Trinajstić information content (AvgIpc) is 2.73. The van der Waals surface area contributed by atoms with Gasteiger partial charge in [-0.15, -0.1) is 0 Å². The molecule has 0 atom stereocenters. The molecule has 4 N–H and O–H groups in total. The number of oxime groups is 1. The zero-order chi connectivity index (χ0) is 15.1. The molecule has 7 heteroatoms. The highest BCUT2D eigenvalue weighted by Crippen LogP contribution is 2.11. The lowest BCUT2D eigenvalue weighted by atomic mass is 10.1. The van der Waals surface area contributed by atoms with Crippen molar-refractivity contribution >= 4 is 5.84 Å². The van der Waals surface area contributed by atoms with E-state index in [1.165, 1.54) is 0 Å². The van der Waals surface area contributed by atoms with Gasteiger partial charge in [0.15, 0.2) is 5.84 Å². The van der Waals surface area contributed by atoms with E-state index in [2.05, 4.69) is 19.9 Å². The van der Waals surface area contributed by atoms with Gasteiger partial charge in [0, 0.05) is 32.4 Å². The summed E-state index contributed by atoms with van der Waals surface area (Å²) in [5.41, 5.74) is 7.18. The molecule has 1 aliphatic rings. The Labute approximate surface area is 124 Å². The summed E-state index contributed by atoms with van der Waals surface area (Å²) in [5, 5.41) is 20.9. The number of aliphatic hydroxyl groups excluding tert-OH is 1. The van der Waals surface area contributed by atoms with Crippen LogP contribution in [0.3, 0.4) is 0 Å². The Morgan fingerprint density at radius 2 is 2.05 bits per heavy atom. The van der Waals surface area contributed by atoms with Gasteiger partial charge in [-0.2, -0.15) is 0 Å². The maximum Gasteiger partial charge on any atom is 0.189 e. The maximum absolute atomic E-state index is 9.02. The van der Waals surface area contributed by atoms with Crippen LogP contribution < -0.4 is 5.73 Å². The largest absolute Gasteiger partial charge is 0.409 e. The lowest BCUT2D eigenvalue weighted by Crippen LogP contribution is -2.32. The minimum absolute atomic E-state index is 0.0438. The molecule has 1 aliphatic heterocycles. The molecule has 0 aliphatic carbocycles. The molecule has 2 heterocycles. The van der Waals surface area contributed by atoms with Crippen molar-refractivity contribution in [3.8, 4) is 0 Å². The van der Waals surface area contributed by atoms with Crippen LogP contribution >= 0.6 is 0 Å². The zero-order valence-electron chi connectivity index (χ0n) is 12.1. The first kappa shape index (κ1) is 15.7. The smallest absolute Gasteiger partial charge is 0.189 e. The Morgan fingerprint density at radius 1 is 1.29 bits per heavy atom. The van der Waals surface area contributed by atoms with E-state index in [0.29, 0.717) is 5.69 Å². The van der Waals surface area contributed by atoms with Crippen LogP contribution in [-0.4, -0.2) is 70.3 Å². The number of aromatic nitrogens is 1. The number of hydrogen-bond acceptors (Lipinski definition) is 6. The first-order chi connectivity index (χ1) is 10.2. The molecule has 0 spiro atoms. The molecule has 0 aromatic carbocycles. The first-order valence-corrected chi connectivity index (χ1v) is 7.22. The third kappa shape index (κ3) is 4.38. The van der Waals surface area contributed by atoms with Crippen molar-refractivity contribution in [2.24, 2.45) is 10.9 Å². The number of nitrogens with zero attached hydrogens (tertiary/aromatic N) is 4. The predicted molar refractivity (Wildman–Crippen MR) is 80.2 cm³/mol. The Morgan fingerprint density at radius 3 is 2.81 bits per heavy atom. The fourth-order valence-electron chi connectivity index (χ4n) is 2.63. The van der Waals surface area contributed by atoms with E-state index in [9.17, 15) is 0 Å². The van der Waals surface area contributed by atoms with Gasteiger partial charge in [-0.1, -0.05) is 11.2 Å². The molecule has 7 nitrogen and oxygen atoms in total. The molecule has 1 saturated heterocycles. The monoisotopic (exact) mass is 293 g/mol. The standard InChI is InChI=1S/C14H23N5O2/c15-14(17-21)13-12(3-1-4-16-13)11-19-6-2-5-18(7-8-19)9-10-20/h1,3-4,20-21H,2,5-11H2,(H2,15,17). The number of β-amino-alcohol motifs (C(OH)–C–C–N with tert-alkyl or cyclic N) is 1. The second-order valence-corrected chi connectivity index (χ2v) is 5.19. The van der Waals surface area contributed by atoms with Crippen LogP contribution in [0, 0.1) is 0 Å². The lowest BCUT2D eigenvalue weighted by Gasteiger charge is -2.22. The topological polar surface area (TPSA) is 98.2 Å². The van der Waals surface area contributed by atoms with E-state index in [1.54, 1.807) is 6.20 Å². The van der Waals surface area contributed by atoms with Crippen LogP contribution in [0.5, 0.6) is 0 Å². The zero-order valence-corrected chi connectivity index (χ0v) is 12.1. The first-order valence-electron chi connectivity index (χ1n) is 7.22. The third-order valence-corrected chi connectivity index (χ3v) is 3.73. The Balaban J connectivity index is 2.02. The fraction of sp³-hybridized carbons (Fsp3) is 0.571. The Hall–Kier alpha value is -1.70. The second-order valence-electron chi connectivity index (χ2n) is 5.19. The molecular formula is C14H23N5O2. The van der Waals surface area contributed by atoms with Crippen molar-refractivity contribution in [1.82, 2.24) is 14.8 Å². The normalized spacial score (nSPS) is 18.6. The molecule has 0 saturated carbocycles. The van der Waals surface area contributed by atoms with Gasteiger partial charge in [-0.25, -0.2) is 0 Å². The number of aliphatic hydroxyl groups is 1. The highest BCUT2D eigenvalue weighted by Gasteiger charge is 2.17. The second kappa shape index (κ2) is 7.92. The third-order valence-electron chi connectivity index (χ3n) is 3.73. The van der Waals surface area contributed by atoms with Gasteiger partial charge < -0.3 is 16.0 Å². The fourth-order valence-corrected chi connectivity index (χ4v) is 2.63. The summed E-state index contributed by atoms with van der Waals surface area (Å²) in [6, 6.07) is 3.82. The Bertz CT molecular complexity index is 480. The summed E-state index contributed by atoms with van der Waals surface area (Å²) in [6.45, 7) is 5.55. The molecule has 1 fully saturated rings. The predicted octanol–water partition coefficient (Wildman–Crippen LogP) is -0.324. The number of hydrogen-bond donors (Lipinski definition) is 3. The molecule has 0 unspecified atom stereocenters. The number of nitrogens with two attached hydrogens (primary N) is 1. The minimum atomic E-state index is 0.0438. The molecule has 0 amide bonds. The SMILES string of the molecule is N/C(=N/O)c1ncccc1CN1CCCN(CCO)CC1. The van der Waals surface area contributed by atoms with E-state index in [4.69, 9.17) is 16.0 Å². The van der Waals surface area contributed by atoms with E-state index in [1.807, 2.05) is 12.1 Å². The van der Waals surface area contributed by atoms with Crippen molar-refractivity contribution in [2.45, 2.75) is 13.0 Å². The van der Waals surface area contributed by atoms with E-state index in [-0.39, 0.29) is 12.4 Å². The van der Waals surface area contributed by atoms with Gasteiger partial charge in [0.05, 0.1) is 6.61 Å². The van der Waals surface area contributed by atoms with Crippen LogP contribution in [0.1, 0.15) is 17.7 Å². The molecule has 1 aromatic rings. The average molecular weight is 293 g/mol. The van der Waals surface area contributed by atoms with Crippen LogP contribution in [0.15, 0.2) is 23.5 Å². The molecule has 116 valence electrons. The quantitative estimate of drug-likeness (QED) is 0.298. The Kier molecular flexibility index (Phi) is 5.91. The molecule has 0 radical (unpaired) electrons. The van der Waals surface area contributed by atoms with E-state index >= 15 is 0 Å². The number of pyridine rings is 1. The van der Waals surface area contributed by atoms with Gasteiger partial charge in [0.1, 0.15) is 5.69 Å². The summed E-state index contributed by atoms with van der Waals surface area (Å²) in [6.07, 6.45) is 2.71. The van der Waals surface area contributed by atoms with Gasteiger partial charge in [0.2, 0.25) is 0 Å². The lowest BCUT2D eigenvalue weighted by molar-refractivity contribution is 0.196. The van der Waals surface area contributed by atoms with Crippen LogP contribution in [0.25, 0.3) is 0 Å². The van der Waals surface area contributed by atoms with E-state index in [0.717, 1.165) is 51.3 Å². The molecular weight excluding hydrogens is 270 g/mol. The molecule has 2 rings (SSSR count). The van der Waals surface area contributed by atoms with Gasteiger partial charge in [0.25, 0.3) is 0 Å². The van der Waals surface area contributed by atoms with Crippen molar-refractivity contribution < 1.29 is 10.3 Å². The van der Waals surface area contributed by atoms with Crippen molar-refractivity contribution in [2.75, 3.05) is 39.3 Å². The minimum Gasteiger partial charge on any atom is -0.409 e. The molecule has 0 bridgehead atoms. The van der Waals surface area contributed by atoms with Crippen molar-refractivity contribution in [1.29, 1.82) is 0 Å². The van der Waals surface area contributed by atoms with E-state index < -0.39 is 0 Å². The summed E-state index contributed by atoms with van der Waals surface area (Å²) < 4.78 is 0. The summed E-state index contributed by atoms with van der Waals surface area (Å²) in [4.78, 5) is 8.80. The molecule has 1 aromatic heterocycles. The summed E-state index contributed by atoms with van der Waals surface area (Å²) >= 11 is 0. The highest BCUT2D eigenvalue weighted by molar-refractivity contribution is 5.96. The van der Waals surface area contributed by atoms with Crippen LogP contribution in [0.2, 0.25) is 0 Å². The van der Waals surface area contributed by atoms with Crippen LogP contribution in [-0.2, 0) is 6.54 Å². The maximum atomic E-state index is 9.02. The van der Waals surface area contributed by atoms with Gasteiger partial charge in [-0.05, 0) is 31.1 Å².